The fourth-order valence-corrected chi connectivity index (χ4v) is 5.85. The number of amides is 2. The molecule has 9 nitrogen and oxygen atoms in total. The highest BCUT2D eigenvalue weighted by molar-refractivity contribution is 6.39. The number of imide groups is 1. The Bertz CT molecular complexity index is 1830. The minimum absolute atomic E-state index is 0.00318. The van der Waals surface area contributed by atoms with E-state index in [0.717, 1.165) is 0 Å². The highest BCUT2D eigenvalue weighted by atomic mass is 19.1. The fourth-order valence-electron chi connectivity index (χ4n) is 5.85. The van der Waals surface area contributed by atoms with E-state index in [0.29, 0.717) is 27.5 Å². The van der Waals surface area contributed by atoms with Crippen molar-refractivity contribution in [3.8, 4) is 0 Å². The zero-order valence-corrected chi connectivity index (χ0v) is 19.0. The number of nitrogens with one attached hydrogen (secondary N) is 2. The van der Waals surface area contributed by atoms with Crippen molar-refractivity contribution in [2.75, 3.05) is 6.61 Å². The van der Waals surface area contributed by atoms with Gasteiger partial charge in [0.25, 0.3) is 11.8 Å². The van der Waals surface area contributed by atoms with Gasteiger partial charge in [-0.25, -0.2) is 8.78 Å². The van der Waals surface area contributed by atoms with Crippen LogP contribution in [-0.4, -0.2) is 61.6 Å². The Balaban J connectivity index is 1.73. The number of benzene rings is 3. The van der Waals surface area contributed by atoms with E-state index >= 15 is 0 Å². The number of rotatable bonds is 2. The topological polar surface area (TPSA) is 137 Å². The second kappa shape index (κ2) is 7.56. The summed E-state index contributed by atoms with van der Waals surface area (Å²) in [7, 11) is 0. The summed E-state index contributed by atoms with van der Waals surface area (Å²) in [5, 5.41) is 34.7. The van der Waals surface area contributed by atoms with E-state index in [4.69, 9.17) is 4.74 Å². The molecule has 11 heteroatoms. The summed E-state index contributed by atoms with van der Waals surface area (Å²) in [6, 6.07) is 7.87. The Morgan fingerprint density at radius 2 is 1.65 bits per heavy atom. The predicted octanol–water partition coefficient (Wildman–Crippen LogP) is 2.59. The first-order valence-electron chi connectivity index (χ1n) is 11.7. The number of fused-ring (bicyclic) bond motifs is 10. The first-order valence-corrected chi connectivity index (χ1v) is 11.7. The first-order chi connectivity index (χ1) is 17.8. The maximum absolute atomic E-state index is 14.5. The van der Waals surface area contributed by atoms with Gasteiger partial charge < -0.3 is 29.6 Å². The van der Waals surface area contributed by atoms with Crippen LogP contribution in [0.15, 0.2) is 36.4 Å². The second-order valence-corrected chi connectivity index (χ2v) is 9.48. The highest BCUT2D eigenvalue weighted by Crippen LogP contribution is 2.46. The van der Waals surface area contributed by atoms with Crippen LogP contribution in [0.1, 0.15) is 33.4 Å². The van der Waals surface area contributed by atoms with Crippen molar-refractivity contribution in [3.63, 3.8) is 0 Å². The molecule has 2 aromatic heterocycles. The molecule has 0 aliphatic carbocycles. The molecule has 0 saturated carbocycles. The summed E-state index contributed by atoms with van der Waals surface area (Å²) in [4.78, 5) is 29.3. The molecule has 4 heterocycles. The number of hydrogen-bond donors (Lipinski definition) is 5. The van der Waals surface area contributed by atoms with Crippen molar-refractivity contribution in [2.45, 2.75) is 31.0 Å². The maximum Gasteiger partial charge on any atom is 0.259 e. The van der Waals surface area contributed by atoms with Gasteiger partial charge >= 0.3 is 0 Å². The lowest BCUT2D eigenvalue weighted by Gasteiger charge is -2.38. The minimum atomic E-state index is -1.44. The average molecular weight is 507 g/mol. The van der Waals surface area contributed by atoms with Gasteiger partial charge in [0, 0.05) is 33.5 Å². The van der Waals surface area contributed by atoms with Gasteiger partial charge in [-0.3, -0.25) is 14.9 Å². The molecule has 3 aromatic carbocycles. The van der Waals surface area contributed by atoms with Crippen LogP contribution in [0, 0.1) is 11.6 Å². The molecule has 37 heavy (non-hydrogen) atoms. The van der Waals surface area contributed by atoms with Crippen LogP contribution in [0.25, 0.3) is 43.6 Å². The molecule has 0 bridgehead atoms. The smallest absolute Gasteiger partial charge is 0.259 e. The Hall–Kier alpha value is -3.90. The molecule has 2 aliphatic rings. The fraction of sp³-hybridized carbons (Fsp3) is 0.231. The zero-order chi connectivity index (χ0) is 25.7. The number of carbonyl (C=O) groups excluding carboxylic acids is 2. The summed E-state index contributed by atoms with van der Waals surface area (Å²) < 4.78 is 36.4. The van der Waals surface area contributed by atoms with Crippen LogP contribution in [0.5, 0.6) is 0 Å². The molecule has 1 saturated heterocycles. The van der Waals surface area contributed by atoms with Gasteiger partial charge in [-0.05, 0) is 36.4 Å². The van der Waals surface area contributed by atoms with Crippen LogP contribution >= 0.6 is 0 Å². The zero-order valence-electron chi connectivity index (χ0n) is 19.0. The lowest BCUT2D eigenvalue weighted by molar-refractivity contribution is -0.202. The van der Waals surface area contributed by atoms with Crippen molar-refractivity contribution >= 4 is 55.4 Å². The number of hydrogen-bond acceptors (Lipinski definition) is 6. The molecule has 5 N–H and O–H groups in total. The van der Waals surface area contributed by atoms with Gasteiger partial charge in [-0.1, -0.05) is 0 Å². The SMILES string of the molecule is O=C1NC(=O)c2c1c1c3cc(F)ccc3[nH]c1c1c2c2cc(F)ccc2n1[C@@H]1O[C@H](CO)C[C@@H](O)[C@H]1O. The Morgan fingerprint density at radius 1 is 0.973 bits per heavy atom. The Labute approximate surface area is 205 Å². The summed E-state index contributed by atoms with van der Waals surface area (Å²) in [5.41, 5.74) is 1.51. The third-order valence-electron chi connectivity index (χ3n) is 7.37. The summed E-state index contributed by atoms with van der Waals surface area (Å²) >= 11 is 0. The molecule has 4 atom stereocenters. The second-order valence-electron chi connectivity index (χ2n) is 9.48. The first kappa shape index (κ1) is 22.3. The van der Waals surface area contributed by atoms with E-state index in [1.54, 1.807) is 0 Å². The highest BCUT2D eigenvalue weighted by Gasteiger charge is 2.41. The van der Waals surface area contributed by atoms with E-state index in [1.807, 2.05) is 0 Å². The third-order valence-corrected chi connectivity index (χ3v) is 7.37. The van der Waals surface area contributed by atoms with Crippen LogP contribution in [0.3, 0.4) is 0 Å². The van der Waals surface area contributed by atoms with E-state index in [-0.39, 0.29) is 33.7 Å². The number of aromatic nitrogens is 2. The largest absolute Gasteiger partial charge is 0.394 e. The molecule has 0 unspecified atom stereocenters. The summed E-state index contributed by atoms with van der Waals surface area (Å²) in [6.45, 7) is -0.417. The molecule has 0 radical (unpaired) electrons. The Kier molecular flexibility index (Phi) is 4.56. The van der Waals surface area contributed by atoms with Gasteiger partial charge in [0.2, 0.25) is 0 Å². The number of nitrogens with zero attached hydrogens (tertiary/aromatic N) is 1. The number of aromatic amines is 1. The number of ether oxygens (including phenoxy) is 1. The van der Waals surface area contributed by atoms with Crippen LogP contribution in [-0.2, 0) is 4.74 Å². The molecule has 1 fully saturated rings. The maximum atomic E-state index is 14.5. The molecule has 0 spiro atoms. The quantitative estimate of drug-likeness (QED) is 0.233. The van der Waals surface area contributed by atoms with Gasteiger partial charge in [0.1, 0.15) is 17.7 Å². The molecular weight excluding hydrogens is 488 g/mol. The third kappa shape index (κ3) is 2.90. The number of carbonyl (C=O) groups is 2. The molecule has 5 aromatic rings. The van der Waals surface area contributed by atoms with Gasteiger partial charge in [-0.2, -0.15) is 0 Å². The van der Waals surface area contributed by atoms with E-state index in [1.165, 1.54) is 41.0 Å². The van der Waals surface area contributed by atoms with E-state index in [2.05, 4.69) is 10.3 Å². The van der Waals surface area contributed by atoms with Crippen molar-refractivity contribution in [2.24, 2.45) is 0 Å². The molecule has 7 rings (SSSR count). The van der Waals surface area contributed by atoms with Crippen molar-refractivity contribution in [1.82, 2.24) is 14.9 Å². The van der Waals surface area contributed by atoms with E-state index in [9.17, 15) is 33.7 Å². The average Bonchev–Trinajstić information content (AvgIpc) is 3.49. The van der Waals surface area contributed by atoms with Crippen LogP contribution < -0.4 is 5.32 Å². The number of aliphatic hydroxyl groups excluding tert-OH is 3. The van der Waals surface area contributed by atoms with E-state index < -0.39 is 54.6 Å². The normalized spacial score (nSPS) is 24.0. The summed E-state index contributed by atoms with van der Waals surface area (Å²) in [6.07, 6.45) is -4.73. The Morgan fingerprint density at radius 3 is 2.38 bits per heavy atom. The van der Waals surface area contributed by atoms with Crippen molar-refractivity contribution < 1.29 is 38.4 Å². The lowest BCUT2D eigenvalue weighted by atomic mass is 9.96. The molecule has 2 amide bonds. The molecule has 188 valence electrons. The van der Waals surface area contributed by atoms with Crippen LogP contribution in [0.4, 0.5) is 8.78 Å². The standard InChI is InChI=1S/C26H19F2N3O6/c27-9-1-3-14-12(5-9)17-19-20(25(36)30-24(19)35)18-13-6-10(28)2-4-15(13)31(22(18)21(17)29-14)26-23(34)16(33)7-11(8-32)37-26/h1-6,11,16,23,26,29,32-34H,7-8H2,(H,30,35,36)/t11-,16+,23+,26+/m0/s1. The number of H-pyrrole nitrogens is 1. The minimum Gasteiger partial charge on any atom is -0.394 e. The summed E-state index contributed by atoms with van der Waals surface area (Å²) in [5.74, 6) is -2.50. The number of aliphatic hydroxyl groups is 3. The van der Waals surface area contributed by atoms with Gasteiger partial charge in [0.15, 0.2) is 6.23 Å². The van der Waals surface area contributed by atoms with Crippen molar-refractivity contribution in [3.05, 3.63) is 59.2 Å². The predicted molar refractivity (Wildman–Crippen MR) is 128 cm³/mol. The van der Waals surface area contributed by atoms with Crippen LogP contribution in [0.2, 0.25) is 0 Å². The molecule has 2 aliphatic heterocycles. The lowest BCUT2D eigenvalue weighted by Crippen LogP contribution is -2.46. The van der Waals surface area contributed by atoms with Crippen molar-refractivity contribution in [1.29, 1.82) is 0 Å². The monoisotopic (exact) mass is 507 g/mol. The molecular formula is C26H19F2N3O6. The number of halogens is 2. The van der Waals surface area contributed by atoms with Gasteiger partial charge in [-0.15, -0.1) is 0 Å². The van der Waals surface area contributed by atoms with Gasteiger partial charge in [0.05, 0.1) is 46.5 Å².